The van der Waals surface area contributed by atoms with E-state index in [1.165, 1.54) is 0 Å². The van der Waals surface area contributed by atoms with Crippen LogP contribution in [0.5, 0.6) is 0 Å². The van der Waals surface area contributed by atoms with Crippen LogP contribution < -0.4 is 15.4 Å². The fraction of sp³-hybridized carbons (Fsp3) is 0.500. The number of carbonyl (C=O) groups is 1. The van der Waals surface area contributed by atoms with Crippen molar-refractivity contribution >= 4 is 21.9 Å². The van der Waals surface area contributed by atoms with Crippen molar-refractivity contribution < 1.29 is 31.5 Å². The molecule has 0 unspecified atom stereocenters. The Morgan fingerprint density at radius 2 is 1.88 bits per heavy atom. The number of nitrogens with zero attached hydrogens (tertiary/aromatic N) is 1. The highest BCUT2D eigenvalue weighted by Gasteiger charge is 2.24. The van der Waals surface area contributed by atoms with Gasteiger partial charge in [0.1, 0.15) is 17.9 Å². The van der Waals surface area contributed by atoms with Gasteiger partial charge in [-0.2, -0.15) is 4.98 Å². The monoisotopic (exact) mass is 474 g/mol. The molecule has 0 saturated carbocycles. The van der Waals surface area contributed by atoms with E-state index in [4.69, 9.17) is 4.42 Å². The molecule has 2 aromatic rings. The van der Waals surface area contributed by atoms with Crippen LogP contribution in [-0.2, 0) is 16.4 Å². The van der Waals surface area contributed by atoms with E-state index in [2.05, 4.69) is 29.5 Å². The molecular formula is C20H28F2N4O5S. The third-order valence-corrected chi connectivity index (χ3v) is 4.97. The summed E-state index contributed by atoms with van der Waals surface area (Å²) in [5.41, 5.74) is 0.0140. The molecule has 12 heteroatoms. The molecule has 178 valence electrons. The predicted molar refractivity (Wildman–Crippen MR) is 115 cm³/mol. The van der Waals surface area contributed by atoms with E-state index in [0.717, 1.165) is 37.1 Å². The van der Waals surface area contributed by atoms with Crippen LogP contribution in [0.15, 0.2) is 28.9 Å². The zero-order chi connectivity index (χ0) is 23.9. The molecule has 1 aromatic heterocycles. The minimum Gasteiger partial charge on any atom is -0.431 e. The van der Waals surface area contributed by atoms with Gasteiger partial charge in [-0.25, -0.2) is 21.9 Å². The smallest absolute Gasteiger partial charge is 0.309 e. The Morgan fingerprint density at radius 1 is 1.22 bits per heavy atom. The van der Waals surface area contributed by atoms with Crippen molar-refractivity contribution in [3.63, 3.8) is 0 Å². The molecule has 0 bridgehead atoms. The molecule has 0 spiro atoms. The highest BCUT2D eigenvalue weighted by atomic mass is 32.2. The third kappa shape index (κ3) is 8.89. The second-order valence-electron chi connectivity index (χ2n) is 7.93. The first kappa shape index (κ1) is 25.7. The Bertz CT molecular complexity index is 993. The van der Waals surface area contributed by atoms with Crippen molar-refractivity contribution in [3.8, 4) is 0 Å². The van der Waals surface area contributed by atoms with Gasteiger partial charge in [0.2, 0.25) is 10.0 Å². The lowest BCUT2D eigenvalue weighted by molar-refractivity contribution is 0.0825. The highest BCUT2D eigenvalue weighted by molar-refractivity contribution is 7.91. The average molecular weight is 475 g/mol. The molecule has 32 heavy (non-hydrogen) atoms. The molecule has 0 aliphatic carbocycles. The molecule has 1 amide bonds. The molecule has 9 nitrogen and oxygen atoms in total. The number of sulfonamides is 1. The van der Waals surface area contributed by atoms with Gasteiger partial charge in [0.15, 0.2) is 5.69 Å². The van der Waals surface area contributed by atoms with E-state index < -0.39 is 45.7 Å². The summed E-state index contributed by atoms with van der Waals surface area (Å²) in [4.78, 5) is 16.3. The molecule has 0 fully saturated rings. The van der Waals surface area contributed by atoms with Crippen molar-refractivity contribution in [2.75, 3.05) is 24.1 Å². The van der Waals surface area contributed by atoms with Crippen molar-refractivity contribution in [1.82, 2.24) is 15.6 Å². The topological polar surface area (TPSA) is 134 Å². The SMILES string of the molecule is CC(C)CCNC[C@H](O)[C@H](Cc1cc(F)cc(F)c1)NC(=O)c1coc(NS(C)(=O)=O)n1. The highest BCUT2D eigenvalue weighted by Crippen LogP contribution is 2.14. The summed E-state index contributed by atoms with van der Waals surface area (Å²) in [7, 11) is -3.65. The Kier molecular flexibility index (Phi) is 9.10. The summed E-state index contributed by atoms with van der Waals surface area (Å²) >= 11 is 0. The third-order valence-electron chi connectivity index (χ3n) is 4.42. The number of carbonyl (C=O) groups excluding carboxylic acids is 1. The number of aliphatic hydroxyl groups is 1. The maximum absolute atomic E-state index is 13.6. The van der Waals surface area contributed by atoms with Gasteiger partial charge in [-0.15, -0.1) is 0 Å². The van der Waals surface area contributed by atoms with E-state index in [-0.39, 0.29) is 24.2 Å². The molecule has 4 N–H and O–H groups in total. The number of hydrogen-bond acceptors (Lipinski definition) is 7. The van der Waals surface area contributed by atoms with Crippen molar-refractivity contribution in [1.29, 1.82) is 0 Å². The molecular weight excluding hydrogens is 446 g/mol. The molecule has 0 saturated heterocycles. The van der Waals surface area contributed by atoms with Gasteiger partial charge >= 0.3 is 6.01 Å². The van der Waals surface area contributed by atoms with E-state index in [9.17, 15) is 27.1 Å². The van der Waals surface area contributed by atoms with Gasteiger partial charge < -0.3 is 20.2 Å². The van der Waals surface area contributed by atoms with Crippen LogP contribution in [-0.4, -0.2) is 55.9 Å². The molecule has 0 aliphatic heterocycles. The molecule has 2 atom stereocenters. The fourth-order valence-corrected chi connectivity index (χ4v) is 3.29. The lowest BCUT2D eigenvalue weighted by Crippen LogP contribution is -2.49. The van der Waals surface area contributed by atoms with Crippen LogP contribution in [0.2, 0.25) is 0 Å². The predicted octanol–water partition coefficient (Wildman–Crippen LogP) is 1.66. The first-order chi connectivity index (χ1) is 14.9. The summed E-state index contributed by atoms with van der Waals surface area (Å²) in [5.74, 6) is -1.84. The first-order valence-electron chi connectivity index (χ1n) is 10.0. The zero-order valence-electron chi connectivity index (χ0n) is 18.1. The zero-order valence-corrected chi connectivity index (χ0v) is 18.9. The van der Waals surface area contributed by atoms with Crippen LogP contribution in [0.1, 0.15) is 36.3 Å². The van der Waals surface area contributed by atoms with E-state index >= 15 is 0 Å². The summed E-state index contributed by atoms with van der Waals surface area (Å²) in [6.07, 6.45) is 1.59. The summed E-state index contributed by atoms with van der Waals surface area (Å²) in [6.45, 7) is 4.90. The normalized spacial score (nSPS) is 13.7. The van der Waals surface area contributed by atoms with Crippen LogP contribution in [0.25, 0.3) is 0 Å². The maximum Gasteiger partial charge on any atom is 0.309 e. The van der Waals surface area contributed by atoms with E-state index in [1.807, 2.05) is 4.72 Å². The molecule has 0 radical (unpaired) electrons. The van der Waals surface area contributed by atoms with Gasteiger partial charge in [0.05, 0.1) is 18.4 Å². The Labute approximate surface area is 185 Å². The summed E-state index contributed by atoms with van der Waals surface area (Å²) in [5, 5.41) is 16.3. The van der Waals surface area contributed by atoms with E-state index in [0.29, 0.717) is 12.5 Å². The van der Waals surface area contributed by atoms with Crippen LogP contribution in [0, 0.1) is 17.6 Å². The fourth-order valence-electron chi connectivity index (χ4n) is 2.87. The minimum atomic E-state index is -3.65. The second kappa shape index (κ2) is 11.3. The van der Waals surface area contributed by atoms with Crippen molar-refractivity contribution in [2.45, 2.75) is 38.8 Å². The quantitative estimate of drug-likeness (QED) is 0.344. The Morgan fingerprint density at radius 3 is 2.47 bits per heavy atom. The molecule has 2 rings (SSSR count). The number of oxazole rings is 1. The van der Waals surface area contributed by atoms with E-state index in [1.54, 1.807) is 0 Å². The van der Waals surface area contributed by atoms with Crippen molar-refractivity contribution in [3.05, 3.63) is 47.4 Å². The number of anilines is 1. The molecule has 0 aliphatic rings. The number of aliphatic hydroxyl groups excluding tert-OH is 1. The Hall–Kier alpha value is -2.57. The number of halogens is 2. The Balaban J connectivity index is 2.12. The molecule has 1 heterocycles. The van der Waals surface area contributed by atoms with Gasteiger partial charge in [-0.05, 0) is 43.0 Å². The lowest BCUT2D eigenvalue weighted by atomic mass is 10.0. The standard InChI is InChI=1S/C20H28F2N4O5S/c1-12(2)4-5-23-10-18(27)16(8-13-6-14(21)9-15(22)7-13)24-19(28)17-11-31-20(25-17)26-32(3,29)30/h6-7,9,11-12,16,18,23,27H,4-5,8,10H2,1-3H3,(H,24,28)(H,25,26)/t16-,18-/m0/s1. The average Bonchev–Trinajstić information content (AvgIpc) is 3.10. The van der Waals surface area contributed by atoms with Gasteiger partial charge in [0, 0.05) is 12.6 Å². The minimum absolute atomic E-state index is 0.0558. The second-order valence-corrected chi connectivity index (χ2v) is 9.68. The number of nitrogens with one attached hydrogen (secondary N) is 3. The summed E-state index contributed by atoms with van der Waals surface area (Å²) in [6, 6.07) is 1.65. The van der Waals surface area contributed by atoms with Crippen molar-refractivity contribution in [2.24, 2.45) is 5.92 Å². The first-order valence-corrected chi connectivity index (χ1v) is 11.9. The number of benzene rings is 1. The van der Waals surface area contributed by atoms with Gasteiger partial charge in [-0.3, -0.25) is 4.79 Å². The van der Waals surface area contributed by atoms with Crippen LogP contribution >= 0.6 is 0 Å². The number of hydrogen-bond donors (Lipinski definition) is 4. The number of rotatable bonds is 12. The maximum atomic E-state index is 13.6. The van der Waals surface area contributed by atoms with Crippen LogP contribution in [0.3, 0.4) is 0 Å². The largest absolute Gasteiger partial charge is 0.431 e. The van der Waals surface area contributed by atoms with Gasteiger partial charge in [-0.1, -0.05) is 13.8 Å². The molecule has 1 aromatic carbocycles. The lowest BCUT2D eigenvalue weighted by Gasteiger charge is -2.24. The number of aromatic nitrogens is 1. The number of amides is 1. The van der Waals surface area contributed by atoms with Gasteiger partial charge in [0.25, 0.3) is 5.91 Å². The summed E-state index contributed by atoms with van der Waals surface area (Å²) < 4.78 is 56.6. The van der Waals surface area contributed by atoms with Crippen LogP contribution in [0.4, 0.5) is 14.8 Å².